The van der Waals surface area contributed by atoms with Crippen LogP contribution in [0.2, 0.25) is 0 Å². The number of carbonyl (C=O) groups is 2. The van der Waals surface area contributed by atoms with Gasteiger partial charge in [-0.05, 0) is 12.8 Å². The lowest BCUT2D eigenvalue weighted by Crippen LogP contribution is -2.41. The van der Waals surface area contributed by atoms with Crippen molar-refractivity contribution >= 4 is 11.9 Å². The molecular formula is C10H18N2O3. The molecule has 0 aliphatic heterocycles. The van der Waals surface area contributed by atoms with E-state index in [-0.39, 0.29) is 18.4 Å². The summed E-state index contributed by atoms with van der Waals surface area (Å²) >= 11 is 0. The predicted octanol–water partition coefficient (Wildman–Crippen LogP) is 0.237. The second-order valence-electron chi connectivity index (χ2n) is 4.05. The second kappa shape index (κ2) is 5.70. The molecule has 0 saturated heterocycles. The molecule has 1 rings (SSSR count). The van der Waals surface area contributed by atoms with Gasteiger partial charge in [0.2, 0.25) is 5.91 Å². The lowest BCUT2D eigenvalue weighted by Gasteiger charge is -2.23. The van der Waals surface area contributed by atoms with Crippen LogP contribution in [0.4, 0.5) is 0 Å². The van der Waals surface area contributed by atoms with Crippen LogP contribution in [0.1, 0.15) is 38.5 Å². The van der Waals surface area contributed by atoms with Crippen LogP contribution in [0.5, 0.6) is 0 Å². The Morgan fingerprint density at radius 2 is 1.93 bits per heavy atom. The molecule has 0 aromatic heterocycles. The first-order chi connectivity index (χ1) is 7.09. The average Bonchev–Trinajstić information content (AvgIpc) is 2.18. The van der Waals surface area contributed by atoms with Gasteiger partial charge in [-0.3, -0.25) is 9.59 Å². The van der Waals surface area contributed by atoms with E-state index in [9.17, 15) is 9.59 Å². The summed E-state index contributed by atoms with van der Waals surface area (Å²) < 4.78 is 0. The first kappa shape index (κ1) is 12.0. The van der Waals surface area contributed by atoms with Crippen LogP contribution in [0, 0.1) is 0 Å². The van der Waals surface area contributed by atoms with E-state index >= 15 is 0 Å². The molecule has 0 aromatic rings. The fourth-order valence-electron chi connectivity index (χ4n) is 1.82. The van der Waals surface area contributed by atoms with Crippen LogP contribution in [-0.2, 0) is 9.59 Å². The molecule has 0 aromatic carbocycles. The highest BCUT2D eigenvalue weighted by molar-refractivity contribution is 5.84. The summed E-state index contributed by atoms with van der Waals surface area (Å²) in [6, 6.07) is -0.874. The summed E-state index contributed by atoms with van der Waals surface area (Å²) in [5.74, 6) is -1.38. The Morgan fingerprint density at radius 3 is 2.47 bits per heavy atom. The van der Waals surface area contributed by atoms with Gasteiger partial charge in [0.1, 0.15) is 6.04 Å². The van der Waals surface area contributed by atoms with Crippen molar-refractivity contribution in [2.24, 2.45) is 5.73 Å². The monoisotopic (exact) mass is 214 g/mol. The minimum Gasteiger partial charge on any atom is -0.480 e. The molecule has 5 nitrogen and oxygen atoms in total. The van der Waals surface area contributed by atoms with Crippen molar-refractivity contribution in [3.63, 3.8) is 0 Å². The summed E-state index contributed by atoms with van der Waals surface area (Å²) in [4.78, 5) is 21.8. The molecular weight excluding hydrogens is 196 g/mol. The third-order valence-electron chi connectivity index (χ3n) is 2.69. The Kier molecular flexibility index (Phi) is 4.55. The predicted molar refractivity (Wildman–Crippen MR) is 55.2 cm³/mol. The molecule has 1 amide bonds. The van der Waals surface area contributed by atoms with Crippen LogP contribution >= 0.6 is 0 Å². The average molecular weight is 214 g/mol. The van der Waals surface area contributed by atoms with Gasteiger partial charge in [-0.2, -0.15) is 0 Å². The van der Waals surface area contributed by atoms with Gasteiger partial charge in [-0.15, -0.1) is 0 Å². The number of carboxylic acids is 1. The molecule has 15 heavy (non-hydrogen) atoms. The molecule has 0 spiro atoms. The molecule has 0 radical (unpaired) electrons. The highest BCUT2D eigenvalue weighted by Gasteiger charge is 2.19. The summed E-state index contributed by atoms with van der Waals surface area (Å²) in [7, 11) is 0. The molecule has 86 valence electrons. The smallest absolute Gasteiger partial charge is 0.321 e. The number of hydrogen-bond donors (Lipinski definition) is 3. The molecule has 5 heteroatoms. The number of rotatable bonds is 4. The molecule has 1 aliphatic carbocycles. The lowest BCUT2D eigenvalue weighted by atomic mass is 9.95. The SMILES string of the molecule is NC(CC(=O)NC1CCCCC1)C(=O)O. The summed E-state index contributed by atoms with van der Waals surface area (Å²) in [6.45, 7) is 0. The Balaban J connectivity index is 2.25. The topological polar surface area (TPSA) is 92.4 Å². The van der Waals surface area contributed by atoms with E-state index in [0.717, 1.165) is 25.7 Å². The van der Waals surface area contributed by atoms with Crippen molar-refractivity contribution < 1.29 is 14.7 Å². The normalized spacial score (nSPS) is 19.5. The van der Waals surface area contributed by atoms with E-state index in [1.165, 1.54) is 6.42 Å². The third kappa shape index (κ3) is 4.29. The first-order valence-corrected chi connectivity index (χ1v) is 5.37. The molecule has 1 fully saturated rings. The zero-order valence-corrected chi connectivity index (χ0v) is 8.74. The maximum atomic E-state index is 11.4. The quantitative estimate of drug-likeness (QED) is 0.625. The fourth-order valence-corrected chi connectivity index (χ4v) is 1.82. The standard InChI is InChI=1S/C10H18N2O3/c11-8(10(14)15)6-9(13)12-7-4-2-1-3-5-7/h7-8H,1-6,11H2,(H,12,13)(H,14,15). The highest BCUT2D eigenvalue weighted by Crippen LogP contribution is 2.17. The van der Waals surface area contributed by atoms with Gasteiger partial charge < -0.3 is 16.2 Å². The number of nitrogens with one attached hydrogen (secondary N) is 1. The Morgan fingerprint density at radius 1 is 1.33 bits per heavy atom. The molecule has 0 heterocycles. The van der Waals surface area contributed by atoms with E-state index in [0.29, 0.717) is 0 Å². The minimum atomic E-state index is -1.13. The third-order valence-corrected chi connectivity index (χ3v) is 2.69. The number of carbonyl (C=O) groups excluding carboxylic acids is 1. The van der Waals surface area contributed by atoms with Crippen molar-refractivity contribution in [3.05, 3.63) is 0 Å². The molecule has 1 atom stereocenters. The van der Waals surface area contributed by atoms with E-state index in [1.807, 2.05) is 0 Å². The number of aliphatic carboxylic acids is 1. The molecule has 0 bridgehead atoms. The van der Waals surface area contributed by atoms with Crippen LogP contribution in [0.3, 0.4) is 0 Å². The largest absolute Gasteiger partial charge is 0.480 e. The van der Waals surface area contributed by atoms with Crippen molar-refractivity contribution in [1.82, 2.24) is 5.32 Å². The number of carboxylic acid groups (broad SMARTS) is 1. The van der Waals surface area contributed by atoms with Gasteiger partial charge in [-0.25, -0.2) is 0 Å². The molecule has 1 saturated carbocycles. The number of nitrogens with two attached hydrogens (primary N) is 1. The van der Waals surface area contributed by atoms with Gasteiger partial charge in [0, 0.05) is 6.04 Å². The molecule has 1 unspecified atom stereocenters. The number of amides is 1. The Hall–Kier alpha value is -1.10. The zero-order valence-electron chi connectivity index (χ0n) is 8.74. The van der Waals surface area contributed by atoms with Crippen molar-refractivity contribution in [2.75, 3.05) is 0 Å². The van der Waals surface area contributed by atoms with Gasteiger partial charge in [0.15, 0.2) is 0 Å². The first-order valence-electron chi connectivity index (χ1n) is 5.37. The van der Waals surface area contributed by atoms with E-state index in [2.05, 4.69) is 5.32 Å². The number of hydrogen-bond acceptors (Lipinski definition) is 3. The maximum Gasteiger partial charge on any atom is 0.321 e. The van der Waals surface area contributed by atoms with E-state index < -0.39 is 12.0 Å². The summed E-state index contributed by atoms with van der Waals surface area (Å²) in [6.07, 6.45) is 5.35. The van der Waals surface area contributed by atoms with Gasteiger partial charge >= 0.3 is 5.97 Å². The van der Waals surface area contributed by atoms with Crippen molar-refractivity contribution in [2.45, 2.75) is 50.6 Å². The van der Waals surface area contributed by atoms with E-state index in [1.54, 1.807) is 0 Å². The molecule has 1 aliphatic rings. The van der Waals surface area contributed by atoms with Crippen LogP contribution in [0.25, 0.3) is 0 Å². The minimum absolute atomic E-state index is 0.133. The van der Waals surface area contributed by atoms with Crippen molar-refractivity contribution in [3.8, 4) is 0 Å². The van der Waals surface area contributed by atoms with Crippen LogP contribution < -0.4 is 11.1 Å². The second-order valence-corrected chi connectivity index (χ2v) is 4.05. The van der Waals surface area contributed by atoms with Crippen LogP contribution in [-0.4, -0.2) is 29.1 Å². The summed E-state index contributed by atoms with van der Waals surface area (Å²) in [5.41, 5.74) is 5.26. The zero-order chi connectivity index (χ0) is 11.3. The highest BCUT2D eigenvalue weighted by atomic mass is 16.4. The van der Waals surface area contributed by atoms with E-state index in [4.69, 9.17) is 10.8 Å². The maximum absolute atomic E-state index is 11.4. The Bertz CT molecular complexity index is 237. The molecule has 4 N–H and O–H groups in total. The van der Waals surface area contributed by atoms with Gasteiger partial charge in [0.25, 0.3) is 0 Å². The lowest BCUT2D eigenvalue weighted by molar-refractivity contribution is -0.140. The summed E-state index contributed by atoms with van der Waals surface area (Å²) in [5, 5.41) is 11.4. The fraction of sp³-hybridized carbons (Fsp3) is 0.800. The van der Waals surface area contributed by atoms with Gasteiger partial charge in [0.05, 0.1) is 6.42 Å². The van der Waals surface area contributed by atoms with Crippen LogP contribution in [0.15, 0.2) is 0 Å². The Labute approximate surface area is 89.0 Å². The van der Waals surface area contributed by atoms with Crippen molar-refractivity contribution in [1.29, 1.82) is 0 Å². The van der Waals surface area contributed by atoms with Gasteiger partial charge in [-0.1, -0.05) is 19.3 Å².